The van der Waals surface area contributed by atoms with Crippen molar-refractivity contribution in [2.24, 2.45) is 7.05 Å². The van der Waals surface area contributed by atoms with E-state index in [1.54, 1.807) is 6.20 Å². The van der Waals surface area contributed by atoms with Crippen LogP contribution in [0.2, 0.25) is 0 Å². The van der Waals surface area contributed by atoms with Crippen molar-refractivity contribution in [2.45, 2.75) is 19.4 Å². The monoisotopic (exact) mass is 282 g/mol. The molecule has 0 bridgehead atoms. The van der Waals surface area contributed by atoms with Gasteiger partial charge < -0.3 is 9.88 Å². The molecule has 0 aliphatic rings. The highest BCUT2D eigenvalue weighted by Crippen LogP contribution is 2.19. The lowest BCUT2D eigenvalue weighted by Gasteiger charge is -2.06. The van der Waals surface area contributed by atoms with Crippen LogP contribution in [0.25, 0.3) is 10.9 Å². The first-order valence-corrected chi connectivity index (χ1v) is 7.05. The van der Waals surface area contributed by atoms with Crippen LogP contribution in [0.15, 0.2) is 48.9 Å². The summed E-state index contributed by atoms with van der Waals surface area (Å²) >= 11 is 0. The molecule has 1 N–H and O–H groups in total. The Morgan fingerprint density at radius 3 is 3.00 bits per heavy atom. The van der Waals surface area contributed by atoms with Crippen molar-refractivity contribution in [3.63, 3.8) is 0 Å². The van der Waals surface area contributed by atoms with Crippen LogP contribution in [0.4, 0.5) is 5.69 Å². The molecule has 0 saturated carbocycles. The predicted octanol–water partition coefficient (Wildman–Crippen LogP) is 2.79. The molecule has 0 radical (unpaired) electrons. The first-order valence-electron chi connectivity index (χ1n) is 7.05. The second kappa shape index (κ2) is 5.83. The zero-order chi connectivity index (χ0) is 14.7. The highest BCUT2D eigenvalue weighted by molar-refractivity contribution is 5.93. The Hall–Kier alpha value is -2.56. The Bertz CT molecular complexity index is 743. The van der Waals surface area contributed by atoms with E-state index in [9.17, 15) is 4.79 Å². The third-order valence-electron chi connectivity index (χ3n) is 3.52. The van der Waals surface area contributed by atoms with Gasteiger partial charge in [0.2, 0.25) is 5.91 Å². The number of nitrogens with zero attached hydrogens (tertiary/aromatic N) is 3. The van der Waals surface area contributed by atoms with Crippen molar-refractivity contribution in [1.82, 2.24) is 14.3 Å². The molecule has 2 aromatic heterocycles. The van der Waals surface area contributed by atoms with Crippen LogP contribution in [-0.4, -0.2) is 20.3 Å². The summed E-state index contributed by atoms with van der Waals surface area (Å²) in [6.45, 7) is 0.761. The average molecular weight is 282 g/mol. The fraction of sp³-hybridized carbons (Fsp3) is 0.250. The normalized spacial score (nSPS) is 10.9. The summed E-state index contributed by atoms with van der Waals surface area (Å²) in [5.41, 5.74) is 1.96. The van der Waals surface area contributed by atoms with E-state index in [4.69, 9.17) is 0 Å². The number of rotatable bonds is 5. The second-order valence-electron chi connectivity index (χ2n) is 5.12. The van der Waals surface area contributed by atoms with Gasteiger partial charge in [-0.25, -0.2) is 0 Å². The Morgan fingerprint density at radius 1 is 1.29 bits per heavy atom. The lowest BCUT2D eigenvalue weighted by molar-refractivity contribution is -0.116. The van der Waals surface area contributed by atoms with Crippen molar-refractivity contribution in [3.8, 4) is 0 Å². The first-order chi connectivity index (χ1) is 10.2. The molecule has 5 nitrogen and oxygen atoms in total. The Balaban J connectivity index is 1.56. The lowest BCUT2D eigenvalue weighted by Crippen LogP contribution is -2.12. The fourth-order valence-electron chi connectivity index (χ4n) is 2.40. The first kappa shape index (κ1) is 13.4. The van der Waals surface area contributed by atoms with E-state index in [1.165, 1.54) is 5.39 Å². The zero-order valence-electron chi connectivity index (χ0n) is 12.0. The van der Waals surface area contributed by atoms with Gasteiger partial charge in [0.15, 0.2) is 0 Å². The molecule has 3 rings (SSSR count). The van der Waals surface area contributed by atoms with Crippen LogP contribution in [0.3, 0.4) is 0 Å². The molecule has 0 aliphatic carbocycles. The van der Waals surface area contributed by atoms with E-state index < -0.39 is 0 Å². The molecule has 0 fully saturated rings. The molecule has 21 heavy (non-hydrogen) atoms. The van der Waals surface area contributed by atoms with Gasteiger partial charge in [-0.05, 0) is 36.1 Å². The number of aryl methyl sites for hydroxylation is 2. The smallest absolute Gasteiger partial charge is 0.224 e. The molecule has 1 aromatic carbocycles. The van der Waals surface area contributed by atoms with Crippen molar-refractivity contribution in [3.05, 3.63) is 48.9 Å². The number of fused-ring (bicyclic) bond motifs is 1. The third kappa shape index (κ3) is 3.13. The maximum Gasteiger partial charge on any atom is 0.224 e. The number of anilines is 1. The number of nitrogens with one attached hydrogen (secondary N) is 1. The maximum absolute atomic E-state index is 12.0. The molecule has 5 heteroatoms. The highest BCUT2D eigenvalue weighted by Gasteiger charge is 2.05. The van der Waals surface area contributed by atoms with E-state index in [2.05, 4.69) is 16.5 Å². The molecule has 0 saturated heterocycles. The van der Waals surface area contributed by atoms with E-state index in [1.807, 2.05) is 53.0 Å². The number of amides is 1. The van der Waals surface area contributed by atoms with Crippen LogP contribution in [-0.2, 0) is 18.4 Å². The highest BCUT2D eigenvalue weighted by atomic mass is 16.1. The Morgan fingerprint density at radius 2 is 2.19 bits per heavy atom. The fourth-order valence-corrected chi connectivity index (χ4v) is 2.40. The number of hydrogen-bond acceptors (Lipinski definition) is 2. The molecule has 0 spiro atoms. The van der Waals surface area contributed by atoms with Crippen molar-refractivity contribution >= 4 is 22.5 Å². The maximum atomic E-state index is 12.0. The van der Waals surface area contributed by atoms with E-state index in [0.717, 1.165) is 24.2 Å². The molecular weight excluding hydrogens is 264 g/mol. The van der Waals surface area contributed by atoms with Crippen molar-refractivity contribution in [1.29, 1.82) is 0 Å². The molecule has 3 aromatic rings. The Kier molecular flexibility index (Phi) is 3.73. The third-order valence-corrected chi connectivity index (χ3v) is 3.52. The van der Waals surface area contributed by atoms with Crippen LogP contribution in [0.1, 0.15) is 12.8 Å². The minimum absolute atomic E-state index is 0.0377. The molecule has 1 amide bonds. The summed E-state index contributed by atoms with van der Waals surface area (Å²) in [5.74, 6) is 0.0377. The standard InChI is InChI=1S/C16H18N4O/c1-19-11-7-13-5-6-14(12-15(13)19)18-16(21)4-2-9-20-10-3-8-17-20/h3,5-8,10-12H,2,4,9H2,1H3,(H,18,21). The number of carbonyl (C=O) groups is 1. The minimum Gasteiger partial charge on any atom is -0.350 e. The van der Waals surface area contributed by atoms with Gasteiger partial charge >= 0.3 is 0 Å². The average Bonchev–Trinajstić information content (AvgIpc) is 3.10. The molecular formula is C16H18N4O. The van der Waals surface area contributed by atoms with Gasteiger partial charge in [-0.3, -0.25) is 9.48 Å². The summed E-state index contributed by atoms with van der Waals surface area (Å²) in [7, 11) is 2.00. The minimum atomic E-state index is 0.0377. The second-order valence-corrected chi connectivity index (χ2v) is 5.12. The summed E-state index contributed by atoms with van der Waals surface area (Å²) < 4.78 is 3.88. The van der Waals surface area contributed by atoms with E-state index in [-0.39, 0.29) is 5.91 Å². The zero-order valence-corrected chi connectivity index (χ0v) is 12.0. The summed E-state index contributed by atoms with van der Waals surface area (Å²) in [5, 5.41) is 8.24. The van der Waals surface area contributed by atoms with Crippen LogP contribution in [0, 0.1) is 0 Å². The van der Waals surface area contributed by atoms with Gasteiger partial charge in [0.1, 0.15) is 0 Å². The number of carbonyl (C=O) groups excluding carboxylic acids is 1. The van der Waals surface area contributed by atoms with E-state index >= 15 is 0 Å². The number of hydrogen-bond donors (Lipinski definition) is 1. The van der Waals surface area contributed by atoms with E-state index in [0.29, 0.717) is 6.42 Å². The SMILES string of the molecule is Cn1ccc2ccc(NC(=O)CCCn3cccn3)cc21. The summed E-state index contributed by atoms with van der Waals surface area (Å²) in [6, 6.07) is 9.91. The summed E-state index contributed by atoms with van der Waals surface area (Å²) in [4.78, 5) is 12.0. The van der Waals surface area contributed by atoms with Gasteiger partial charge in [0.05, 0.1) is 0 Å². The molecule has 2 heterocycles. The Labute approximate surface area is 123 Å². The largest absolute Gasteiger partial charge is 0.350 e. The van der Waals surface area contributed by atoms with Crippen molar-refractivity contribution in [2.75, 3.05) is 5.32 Å². The lowest BCUT2D eigenvalue weighted by atomic mass is 10.2. The predicted molar refractivity (Wildman–Crippen MR) is 83.0 cm³/mol. The number of aromatic nitrogens is 3. The van der Waals surface area contributed by atoms with Crippen molar-refractivity contribution < 1.29 is 4.79 Å². The molecule has 0 unspecified atom stereocenters. The van der Waals surface area contributed by atoms with Gasteiger partial charge in [-0.1, -0.05) is 6.07 Å². The topological polar surface area (TPSA) is 51.9 Å². The van der Waals surface area contributed by atoms with Gasteiger partial charge in [-0.2, -0.15) is 5.10 Å². The van der Waals surface area contributed by atoms with Crippen LogP contribution >= 0.6 is 0 Å². The molecule has 0 atom stereocenters. The van der Waals surface area contributed by atoms with Gasteiger partial charge in [0.25, 0.3) is 0 Å². The van der Waals surface area contributed by atoms with Crippen LogP contribution < -0.4 is 5.32 Å². The van der Waals surface area contributed by atoms with Gasteiger partial charge in [0, 0.05) is 49.8 Å². The molecule has 0 aliphatic heterocycles. The van der Waals surface area contributed by atoms with Gasteiger partial charge in [-0.15, -0.1) is 0 Å². The molecule has 108 valence electrons. The van der Waals surface area contributed by atoms with Crippen LogP contribution in [0.5, 0.6) is 0 Å². The summed E-state index contributed by atoms with van der Waals surface area (Å²) in [6.07, 6.45) is 6.93. The quantitative estimate of drug-likeness (QED) is 0.782. The number of benzene rings is 1.